The smallest absolute Gasteiger partial charge is 0.239 e. The number of nitrogens with two attached hydrogens (primary N) is 1. The number of benzene rings is 2. The summed E-state index contributed by atoms with van der Waals surface area (Å²) in [4.78, 5) is 15.4. The first kappa shape index (κ1) is 16.5. The van der Waals surface area contributed by atoms with Crippen LogP contribution in [0.5, 0.6) is 0 Å². The molecule has 3 aromatic rings. The number of carbonyl (C=O) groups is 1. The molecule has 0 amide bonds. The second-order valence-electron chi connectivity index (χ2n) is 5.39. The van der Waals surface area contributed by atoms with Gasteiger partial charge in [0, 0.05) is 17.5 Å². The summed E-state index contributed by atoms with van der Waals surface area (Å²) in [5, 5.41) is 7.60. The van der Waals surface area contributed by atoms with Crippen LogP contribution in [0, 0.1) is 0 Å². The number of carbonyl (C=O) groups excluding carboxylic acids is 1. The standard InChI is InChI=1S/C17H14Cl2N4O/c1-9(24)11-2-4-12(5-3-11)16-13(18)6-10(7-14(16)19)8-15-21-17(20)23-22-15/h2-7H,8H2,1H3,(H3,20,21,22,23). The summed E-state index contributed by atoms with van der Waals surface area (Å²) in [5.74, 6) is 0.850. The molecule has 0 saturated heterocycles. The number of nitrogens with one attached hydrogen (secondary N) is 1. The van der Waals surface area contributed by atoms with Crippen molar-refractivity contribution in [1.29, 1.82) is 0 Å². The fourth-order valence-corrected chi connectivity index (χ4v) is 3.21. The van der Waals surface area contributed by atoms with Gasteiger partial charge in [-0.15, -0.1) is 5.10 Å². The van der Waals surface area contributed by atoms with Gasteiger partial charge in [0.2, 0.25) is 5.95 Å². The van der Waals surface area contributed by atoms with Gasteiger partial charge in [-0.2, -0.15) is 4.98 Å². The van der Waals surface area contributed by atoms with Crippen LogP contribution in [0.25, 0.3) is 11.1 Å². The molecule has 122 valence electrons. The highest BCUT2D eigenvalue weighted by molar-refractivity contribution is 6.39. The number of hydrogen-bond donors (Lipinski definition) is 2. The van der Waals surface area contributed by atoms with E-state index in [2.05, 4.69) is 15.2 Å². The van der Waals surface area contributed by atoms with E-state index in [9.17, 15) is 4.79 Å². The number of aromatic amines is 1. The summed E-state index contributed by atoms with van der Waals surface area (Å²) in [6.45, 7) is 1.53. The lowest BCUT2D eigenvalue weighted by Gasteiger charge is -2.10. The van der Waals surface area contributed by atoms with E-state index in [4.69, 9.17) is 28.9 Å². The maximum Gasteiger partial charge on any atom is 0.239 e. The zero-order chi connectivity index (χ0) is 17.3. The van der Waals surface area contributed by atoms with Gasteiger partial charge in [0.25, 0.3) is 0 Å². The van der Waals surface area contributed by atoms with E-state index in [0.717, 1.165) is 16.7 Å². The third-order valence-electron chi connectivity index (χ3n) is 3.60. The molecule has 7 heteroatoms. The van der Waals surface area contributed by atoms with E-state index in [1.54, 1.807) is 12.1 Å². The highest BCUT2D eigenvalue weighted by Crippen LogP contribution is 2.36. The SMILES string of the molecule is CC(=O)c1ccc(-c2c(Cl)cc(Cc3nc(N)n[nH]3)cc2Cl)cc1. The van der Waals surface area contributed by atoms with Crippen molar-refractivity contribution in [2.75, 3.05) is 5.73 Å². The number of anilines is 1. The molecular weight excluding hydrogens is 347 g/mol. The van der Waals surface area contributed by atoms with E-state index in [1.165, 1.54) is 6.92 Å². The number of ketones is 1. The molecule has 3 rings (SSSR count). The van der Waals surface area contributed by atoms with Crippen LogP contribution in [0.1, 0.15) is 28.7 Å². The third kappa shape index (κ3) is 3.42. The third-order valence-corrected chi connectivity index (χ3v) is 4.20. The topological polar surface area (TPSA) is 84.7 Å². The number of rotatable bonds is 4. The van der Waals surface area contributed by atoms with Crippen LogP contribution in [-0.2, 0) is 6.42 Å². The molecule has 5 nitrogen and oxygen atoms in total. The number of aromatic nitrogens is 3. The molecule has 0 fully saturated rings. The Morgan fingerprint density at radius 2 is 1.79 bits per heavy atom. The molecule has 0 aliphatic heterocycles. The number of halogens is 2. The lowest BCUT2D eigenvalue weighted by atomic mass is 10.0. The quantitative estimate of drug-likeness (QED) is 0.684. The van der Waals surface area contributed by atoms with Crippen LogP contribution < -0.4 is 5.73 Å². The Balaban J connectivity index is 1.93. The van der Waals surface area contributed by atoms with Crippen LogP contribution in [0.4, 0.5) is 5.95 Å². The first-order valence-electron chi connectivity index (χ1n) is 7.20. The fourth-order valence-electron chi connectivity index (χ4n) is 2.46. The molecule has 0 unspecified atom stereocenters. The molecule has 0 radical (unpaired) electrons. The van der Waals surface area contributed by atoms with Crippen LogP contribution in [0.2, 0.25) is 10.0 Å². The van der Waals surface area contributed by atoms with E-state index in [-0.39, 0.29) is 11.7 Å². The maximum atomic E-state index is 11.4. The summed E-state index contributed by atoms with van der Waals surface area (Å²) < 4.78 is 0. The van der Waals surface area contributed by atoms with Gasteiger partial charge >= 0.3 is 0 Å². The molecule has 2 aromatic carbocycles. The van der Waals surface area contributed by atoms with Crippen molar-refractivity contribution < 1.29 is 4.79 Å². The van der Waals surface area contributed by atoms with Gasteiger partial charge in [-0.25, -0.2) is 0 Å². The minimum Gasteiger partial charge on any atom is -0.367 e. The van der Waals surface area contributed by atoms with Gasteiger partial charge in [0.05, 0.1) is 10.0 Å². The Morgan fingerprint density at radius 3 is 2.29 bits per heavy atom. The normalized spacial score (nSPS) is 10.8. The number of H-pyrrole nitrogens is 1. The lowest BCUT2D eigenvalue weighted by molar-refractivity contribution is 0.101. The Kier molecular flexibility index (Phi) is 4.55. The van der Waals surface area contributed by atoms with Gasteiger partial charge in [-0.05, 0) is 30.2 Å². The Morgan fingerprint density at radius 1 is 1.17 bits per heavy atom. The van der Waals surface area contributed by atoms with Crippen molar-refractivity contribution in [2.45, 2.75) is 13.3 Å². The van der Waals surface area contributed by atoms with E-state index in [1.807, 2.05) is 24.3 Å². The minimum absolute atomic E-state index is 0.0143. The second kappa shape index (κ2) is 6.63. The Labute approximate surface area is 148 Å². The molecule has 0 bridgehead atoms. The first-order chi connectivity index (χ1) is 11.4. The fraction of sp³-hybridized carbons (Fsp3) is 0.118. The van der Waals surface area contributed by atoms with Crippen LogP contribution in [0.3, 0.4) is 0 Å². The number of nitrogen functional groups attached to an aromatic ring is 1. The van der Waals surface area contributed by atoms with Crippen molar-refractivity contribution in [2.24, 2.45) is 0 Å². The molecule has 1 heterocycles. The number of nitrogens with zero attached hydrogens (tertiary/aromatic N) is 2. The van der Waals surface area contributed by atoms with Crippen LogP contribution in [0.15, 0.2) is 36.4 Å². The average molecular weight is 361 g/mol. The van der Waals surface area contributed by atoms with Crippen molar-refractivity contribution >= 4 is 34.9 Å². The summed E-state index contributed by atoms with van der Waals surface area (Å²) in [7, 11) is 0. The van der Waals surface area contributed by atoms with Crippen LogP contribution >= 0.6 is 23.2 Å². The summed E-state index contributed by atoms with van der Waals surface area (Å²) in [6, 6.07) is 10.9. The zero-order valence-corrected chi connectivity index (χ0v) is 14.3. The molecule has 3 N–H and O–H groups in total. The molecule has 0 saturated carbocycles. The molecular formula is C17H14Cl2N4O. The van der Waals surface area contributed by atoms with Gasteiger partial charge in [-0.3, -0.25) is 9.89 Å². The molecule has 0 spiro atoms. The van der Waals surface area contributed by atoms with Gasteiger partial charge in [-0.1, -0.05) is 47.5 Å². The monoisotopic (exact) mass is 360 g/mol. The summed E-state index contributed by atoms with van der Waals surface area (Å²) in [5.41, 5.74) is 8.62. The van der Waals surface area contributed by atoms with Gasteiger partial charge in [0.15, 0.2) is 5.78 Å². The molecule has 24 heavy (non-hydrogen) atoms. The minimum atomic E-state index is 0.0143. The Bertz CT molecular complexity index is 880. The average Bonchev–Trinajstić information content (AvgIpc) is 2.92. The van der Waals surface area contributed by atoms with E-state index < -0.39 is 0 Å². The van der Waals surface area contributed by atoms with E-state index in [0.29, 0.717) is 27.9 Å². The highest BCUT2D eigenvalue weighted by atomic mass is 35.5. The molecule has 0 aliphatic carbocycles. The van der Waals surface area contributed by atoms with E-state index >= 15 is 0 Å². The van der Waals surface area contributed by atoms with Crippen LogP contribution in [-0.4, -0.2) is 21.0 Å². The van der Waals surface area contributed by atoms with Crippen molar-refractivity contribution in [3.63, 3.8) is 0 Å². The summed E-state index contributed by atoms with van der Waals surface area (Å²) in [6.07, 6.45) is 0.493. The summed E-state index contributed by atoms with van der Waals surface area (Å²) >= 11 is 12.8. The molecule has 1 aromatic heterocycles. The van der Waals surface area contributed by atoms with Crippen molar-refractivity contribution in [3.8, 4) is 11.1 Å². The predicted molar refractivity (Wildman–Crippen MR) is 95.5 cm³/mol. The van der Waals surface area contributed by atoms with Gasteiger partial charge < -0.3 is 5.73 Å². The Hall–Kier alpha value is -2.37. The predicted octanol–water partition coefficient (Wildman–Crippen LogP) is 4.15. The number of Topliss-reactive ketones (excluding diaryl/α,β-unsaturated/α-hetero) is 1. The number of hydrogen-bond acceptors (Lipinski definition) is 4. The molecule has 0 atom stereocenters. The van der Waals surface area contributed by atoms with Crippen molar-refractivity contribution in [3.05, 3.63) is 63.4 Å². The highest BCUT2D eigenvalue weighted by Gasteiger charge is 2.12. The first-order valence-corrected chi connectivity index (χ1v) is 7.95. The van der Waals surface area contributed by atoms with Crippen molar-refractivity contribution in [1.82, 2.24) is 15.2 Å². The lowest BCUT2D eigenvalue weighted by Crippen LogP contribution is -1.94. The van der Waals surface area contributed by atoms with Gasteiger partial charge in [0.1, 0.15) is 5.82 Å². The zero-order valence-electron chi connectivity index (χ0n) is 12.8. The second-order valence-corrected chi connectivity index (χ2v) is 6.20. The largest absolute Gasteiger partial charge is 0.367 e. The maximum absolute atomic E-state index is 11.4. The molecule has 0 aliphatic rings.